The molecule has 1 N–H and O–H groups in total. The van der Waals surface area contributed by atoms with E-state index in [4.69, 9.17) is 9.47 Å². The molecule has 7 nitrogen and oxygen atoms in total. The van der Waals surface area contributed by atoms with Crippen molar-refractivity contribution >= 4 is 17.7 Å². The number of halogens is 3. The number of rotatable bonds is 6. The summed E-state index contributed by atoms with van der Waals surface area (Å²) in [5, 5.41) is 2.10. The lowest BCUT2D eigenvalue weighted by atomic mass is 10.2. The fraction of sp³-hybridized carbons (Fsp3) is 0.500. The Morgan fingerprint density at radius 2 is 1.93 bits per heavy atom. The first kappa shape index (κ1) is 23.3. The number of anilines is 1. The summed E-state index contributed by atoms with van der Waals surface area (Å²) in [6, 6.07) is 0.555. The van der Waals surface area contributed by atoms with Gasteiger partial charge in [-0.15, -0.1) is 6.58 Å². The van der Waals surface area contributed by atoms with Crippen molar-refractivity contribution in [1.29, 1.82) is 0 Å². The second-order valence-corrected chi connectivity index (χ2v) is 6.81. The molecular formula is C18H23F3N2O5. The number of methoxy groups -OCH3 is 1. The van der Waals surface area contributed by atoms with E-state index in [9.17, 15) is 22.8 Å². The number of esters is 1. The molecule has 1 atom stereocenters. The van der Waals surface area contributed by atoms with Gasteiger partial charge in [-0.3, -0.25) is 5.32 Å². The van der Waals surface area contributed by atoms with Crippen molar-refractivity contribution in [2.75, 3.05) is 12.4 Å². The first-order chi connectivity index (χ1) is 12.8. The summed E-state index contributed by atoms with van der Waals surface area (Å²) in [5.74, 6) is -1.86. The normalized spacial score (nSPS) is 12.7. The number of carbonyl (C=O) groups excluding carboxylic acids is 2. The van der Waals surface area contributed by atoms with E-state index >= 15 is 0 Å². The molecule has 1 heterocycles. The van der Waals surface area contributed by atoms with Crippen molar-refractivity contribution in [3.63, 3.8) is 0 Å². The number of carbonyl (C=O) groups is 2. The van der Waals surface area contributed by atoms with Gasteiger partial charge in [-0.1, -0.05) is 6.08 Å². The number of nitrogens with zero attached hydrogens (tertiary/aromatic N) is 1. The molecular weight excluding hydrogens is 381 g/mol. The third kappa shape index (κ3) is 6.75. The van der Waals surface area contributed by atoms with Crippen molar-refractivity contribution < 1.29 is 37.0 Å². The second kappa shape index (κ2) is 8.94. The summed E-state index contributed by atoms with van der Waals surface area (Å²) in [6.45, 7) is 9.74. The van der Waals surface area contributed by atoms with Gasteiger partial charge in [0.2, 0.25) is 5.88 Å². The Hall–Kier alpha value is -2.78. The van der Waals surface area contributed by atoms with Crippen LogP contribution in [0.5, 0.6) is 5.88 Å². The molecule has 1 aromatic heterocycles. The van der Waals surface area contributed by atoms with Crippen LogP contribution in [0.3, 0.4) is 0 Å². The highest BCUT2D eigenvalue weighted by atomic mass is 19.4. The molecule has 0 aliphatic heterocycles. The molecule has 10 heteroatoms. The molecule has 0 unspecified atom stereocenters. The largest absolute Gasteiger partial charge is 0.474 e. The molecule has 0 fully saturated rings. The highest BCUT2D eigenvalue weighted by Gasteiger charge is 2.38. The van der Waals surface area contributed by atoms with Crippen molar-refractivity contribution in [3.8, 4) is 5.88 Å². The summed E-state index contributed by atoms with van der Waals surface area (Å²) >= 11 is 0. The molecule has 0 spiro atoms. The summed E-state index contributed by atoms with van der Waals surface area (Å²) in [6.07, 6.45) is -4.86. The number of amides is 1. The molecule has 1 aromatic rings. The number of hydrogen-bond donors (Lipinski definition) is 1. The van der Waals surface area contributed by atoms with Crippen LogP contribution in [-0.2, 0) is 15.7 Å². The Balaban J connectivity index is 3.46. The third-order valence-electron chi connectivity index (χ3n) is 3.12. The van der Waals surface area contributed by atoms with Gasteiger partial charge in [0.05, 0.1) is 12.8 Å². The SMILES string of the molecule is C=CC[C@@H](C)Oc1nc(C(=O)OC)c(NC(=O)OC(C)(C)C)cc1C(F)(F)F. The molecule has 1 amide bonds. The smallest absolute Gasteiger partial charge is 0.421 e. The number of alkyl halides is 3. The molecule has 0 aromatic carbocycles. The fourth-order valence-corrected chi connectivity index (χ4v) is 2.02. The quantitative estimate of drug-likeness (QED) is 0.552. The first-order valence-electron chi connectivity index (χ1n) is 8.26. The van der Waals surface area contributed by atoms with Gasteiger partial charge < -0.3 is 14.2 Å². The van der Waals surface area contributed by atoms with Crippen LogP contribution in [0.2, 0.25) is 0 Å². The molecule has 156 valence electrons. The molecule has 0 saturated heterocycles. The number of hydrogen-bond acceptors (Lipinski definition) is 6. The number of ether oxygens (including phenoxy) is 3. The second-order valence-electron chi connectivity index (χ2n) is 6.81. The molecule has 0 bridgehead atoms. The zero-order valence-corrected chi connectivity index (χ0v) is 16.3. The number of aromatic nitrogens is 1. The lowest BCUT2D eigenvalue weighted by Gasteiger charge is -2.22. The molecule has 0 aliphatic rings. The van der Waals surface area contributed by atoms with Crippen molar-refractivity contribution in [2.45, 2.75) is 52.0 Å². The van der Waals surface area contributed by atoms with E-state index in [2.05, 4.69) is 21.6 Å². The van der Waals surface area contributed by atoms with Crippen LogP contribution in [-0.4, -0.2) is 35.9 Å². The number of nitrogens with one attached hydrogen (secondary N) is 1. The topological polar surface area (TPSA) is 86.8 Å². The van der Waals surface area contributed by atoms with E-state index in [0.717, 1.165) is 7.11 Å². The van der Waals surface area contributed by atoms with E-state index in [0.29, 0.717) is 6.07 Å². The zero-order valence-electron chi connectivity index (χ0n) is 16.3. The predicted octanol–water partition coefficient (Wildman–Crippen LogP) is 4.58. The minimum atomic E-state index is -4.85. The Morgan fingerprint density at radius 3 is 2.39 bits per heavy atom. The van der Waals surface area contributed by atoms with Crippen molar-refractivity contribution in [2.24, 2.45) is 0 Å². The highest BCUT2D eigenvalue weighted by molar-refractivity contribution is 5.98. The average molecular weight is 404 g/mol. The van der Waals surface area contributed by atoms with Crippen molar-refractivity contribution in [3.05, 3.63) is 30.0 Å². The molecule has 0 aliphatic carbocycles. The van der Waals surface area contributed by atoms with E-state index < -0.39 is 52.8 Å². The Morgan fingerprint density at radius 1 is 1.32 bits per heavy atom. The van der Waals surface area contributed by atoms with Gasteiger partial charge in [0.15, 0.2) is 5.69 Å². The first-order valence-corrected chi connectivity index (χ1v) is 8.26. The fourth-order valence-electron chi connectivity index (χ4n) is 2.02. The lowest BCUT2D eigenvalue weighted by Crippen LogP contribution is -2.28. The van der Waals surface area contributed by atoms with Crippen LogP contribution in [0.25, 0.3) is 0 Å². The van der Waals surface area contributed by atoms with Crippen LogP contribution in [0, 0.1) is 0 Å². The summed E-state index contributed by atoms with van der Waals surface area (Å²) in [7, 11) is 1.03. The average Bonchev–Trinajstić information content (AvgIpc) is 2.52. The van der Waals surface area contributed by atoms with E-state index in [1.54, 1.807) is 20.8 Å². The minimum Gasteiger partial charge on any atom is -0.474 e. The standard InChI is InChI=1S/C18H23F3N2O5/c1-7-8-10(2)27-14-11(18(19,20)21)9-12(13(23-14)15(24)26-6)22-16(25)28-17(3,4)5/h7,9-10H,1,8H2,2-6H3,(H,22,25)/t10-/m1/s1. The molecule has 0 radical (unpaired) electrons. The van der Waals surface area contributed by atoms with E-state index in [-0.39, 0.29) is 6.42 Å². The third-order valence-corrected chi connectivity index (χ3v) is 3.12. The van der Waals surface area contributed by atoms with Gasteiger partial charge in [-0.25, -0.2) is 14.6 Å². The monoisotopic (exact) mass is 404 g/mol. The molecule has 0 saturated carbocycles. The number of pyridine rings is 1. The minimum absolute atomic E-state index is 0.254. The van der Waals surface area contributed by atoms with E-state index in [1.165, 1.54) is 13.0 Å². The Kier molecular flexibility index (Phi) is 7.43. The van der Waals surface area contributed by atoms with E-state index in [1.807, 2.05) is 0 Å². The van der Waals surface area contributed by atoms with Gasteiger partial charge in [-0.2, -0.15) is 13.2 Å². The van der Waals surface area contributed by atoms with Crippen LogP contribution >= 0.6 is 0 Å². The maximum absolute atomic E-state index is 13.5. The van der Waals surface area contributed by atoms with Gasteiger partial charge in [0.25, 0.3) is 0 Å². The summed E-state index contributed by atoms with van der Waals surface area (Å²) < 4.78 is 55.3. The Bertz CT molecular complexity index is 742. The van der Waals surface area contributed by atoms with Crippen molar-refractivity contribution in [1.82, 2.24) is 4.98 Å². The van der Waals surface area contributed by atoms with Gasteiger partial charge in [0, 0.05) is 6.42 Å². The highest BCUT2D eigenvalue weighted by Crippen LogP contribution is 2.38. The van der Waals surface area contributed by atoms with Crippen LogP contribution in [0.4, 0.5) is 23.7 Å². The maximum atomic E-state index is 13.5. The van der Waals surface area contributed by atoms with Gasteiger partial charge in [-0.05, 0) is 33.8 Å². The summed E-state index contributed by atoms with van der Waals surface area (Å²) in [4.78, 5) is 27.6. The van der Waals surface area contributed by atoms with Crippen LogP contribution in [0.1, 0.15) is 50.2 Å². The van der Waals surface area contributed by atoms with Crippen LogP contribution < -0.4 is 10.1 Å². The molecule has 28 heavy (non-hydrogen) atoms. The molecule has 1 rings (SSSR count). The van der Waals surface area contributed by atoms with Crippen LogP contribution in [0.15, 0.2) is 18.7 Å². The predicted molar refractivity (Wildman–Crippen MR) is 95.3 cm³/mol. The maximum Gasteiger partial charge on any atom is 0.421 e. The van der Waals surface area contributed by atoms with Gasteiger partial charge in [0.1, 0.15) is 17.3 Å². The van der Waals surface area contributed by atoms with Gasteiger partial charge >= 0.3 is 18.2 Å². The summed E-state index contributed by atoms with van der Waals surface area (Å²) in [5.41, 5.74) is -3.24. The lowest BCUT2D eigenvalue weighted by molar-refractivity contribution is -0.139. The zero-order chi connectivity index (χ0) is 21.7. The Labute approximate surface area is 160 Å².